The standard InChI is InChI=1S/C23H20F3N5O2/c1-2-3-19-28-29-20-21(32)27-17-11-14(5-7-18(17)31(19)20)22(33)30-9-8-13-4-6-16(23(24,25)26)10-15(13)12-30/h4-7,10-11H,2-3,8-9,12H2,1H3,(H,27,32). The predicted molar refractivity (Wildman–Crippen MR) is 115 cm³/mol. The number of benzene rings is 2. The normalized spacial score (nSPS) is 14.1. The molecule has 0 saturated carbocycles. The summed E-state index contributed by atoms with van der Waals surface area (Å²) in [6.07, 6.45) is -2.48. The van der Waals surface area contributed by atoms with Gasteiger partial charge in [0.1, 0.15) is 5.82 Å². The van der Waals surface area contributed by atoms with Gasteiger partial charge in [0.05, 0.1) is 16.6 Å². The fraction of sp³-hybridized carbons (Fsp3) is 0.304. The van der Waals surface area contributed by atoms with Crippen LogP contribution in [0, 0.1) is 0 Å². The van der Waals surface area contributed by atoms with Crippen molar-refractivity contribution in [3.05, 3.63) is 74.8 Å². The number of alkyl halides is 3. The van der Waals surface area contributed by atoms with E-state index in [1.165, 1.54) is 11.0 Å². The van der Waals surface area contributed by atoms with E-state index < -0.39 is 17.3 Å². The van der Waals surface area contributed by atoms with Gasteiger partial charge in [0.25, 0.3) is 11.5 Å². The zero-order chi connectivity index (χ0) is 23.3. The number of nitrogens with zero attached hydrogens (tertiary/aromatic N) is 4. The molecule has 2 aromatic heterocycles. The highest BCUT2D eigenvalue weighted by Crippen LogP contribution is 2.32. The molecule has 3 heterocycles. The third-order valence-electron chi connectivity index (χ3n) is 5.97. The van der Waals surface area contributed by atoms with Crippen molar-refractivity contribution in [1.82, 2.24) is 24.5 Å². The number of hydrogen-bond acceptors (Lipinski definition) is 4. The fourth-order valence-corrected chi connectivity index (χ4v) is 4.33. The molecule has 1 amide bonds. The minimum atomic E-state index is -4.43. The third kappa shape index (κ3) is 3.65. The summed E-state index contributed by atoms with van der Waals surface area (Å²) >= 11 is 0. The van der Waals surface area contributed by atoms with Crippen molar-refractivity contribution >= 4 is 22.6 Å². The predicted octanol–water partition coefficient (Wildman–Crippen LogP) is 3.74. The topological polar surface area (TPSA) is 83.4 Å². The molecule has 0 spiro atoms. The zero-order valence-electron chi connectivity index (χ0n) is 17.7. The molecule has 4 aromatic rings. The van der Waals surface area contributed by atoms with E-state index in [9.17, 15) is 22.8 Å². The molecule has 0 bridgehead atoms. The van der Waals surface area contributed by atoms with Gasteiger partial charge in [-0.1, -0.05) is 13.0 Å². The van der Waals surface area contributed by atoms with Crippen LogP contribution in [-0.4, -0.2) is 36.9 Å². The lowest BCUT2D eigenvalue weighted by atomic mass is 9.96. The van der Waals surface area contributed by atoms with Crippen molar-refractivity contribution in [3.8, 4) is 0 Å². The van der Waals surface area contributed by atoms with E-state index in [0.717, 1.165) is 24.1 Å². The first-order chi connectivity index (χ1) is 15.8. The molecule has 33 heavy (non-hydrogen) atoms. The van der Waals surface area contributed by atoms with Gasteiger partial charge in [-0.25, -0.2) is 0 Å². The first-order valence-corrected chi connectivity index (χ1v) is 10.6. The number of nitrogens with one attached hydrogen (secondary N) is 1. The SMILES string of the molecule is CCCc1nnc2c(=O)[nH]c3cc(C(=O)N4CCc5ccc(C(F)(F)F)cc5C4)ccc3n12. The van der Waals surface area contributed by atoms with Crippen LogP contribution in [0.4, 0.5) is 13.2 Å². The molecule has 0 saturated heterocycles. The summed E-state index contributed by atoms with van der Waals surface area (Å²) in [5.41, 5.74) is 1.85. The van der Waals surface area contributed by atoms with Crippen molar-refractivity contribution in [2.45, 2.75) is 38.9 Å². The lowest BCUT2D eigenvalue weighted by molar-refractivity contribution is -0.137. The quantitative estimate of drug-likeness (QED) is 0.510. The van der Waals surface area contributed by atoms with Crippen molar-refractivity contribution in [2.75, 3.05) is 6.54 Å². The van der Waals surface area contributed by atoms with E-state index in [1.54, 1.807) is 22.6 Å². The Balaban J connectivity index is 1.50. The van der Waals surface area contributed by atoms with Crippen molar-refractivity contribution in [2.24, 2.45) is 0 Å². The smallest absolute Gasteiger partial charge is 0.334 e. The Kier molecular flexibility index (Phi) is 4.95. The first kappa shape index (κ1) is 21.2. The Morgan fingerprint density at radius 1 is 1.12 bits per heavy atom. The van der Waals surface area contributed by atoms with Gasteiger partial charge in [0.15, 0.2) is 0 Å². The zero-order valence-corrected chi connectivity index (χ0v) is 17.7. The summed E-state index contributed by atoms with van der Waals surface area (Å²) in [5.74, 6) is 0.356. The minimum Gasteiger partial charge on any atom is -0.334 e. The Morgan fingerprint density at radius 3 is 2.70 bits per heavy atom. The van der Waals surface area contributed by atoms with E-state index in [4.69, 9.17) is 0 Å². The van der Waals surface area contributed by atoms with Crippen molar-refractivity contribution < 1.29 is 18.0 Å². The van der Waals surface area contributed by atoms with E-state index in [1.807, 2.05) is 6.92 Å². The van der Waals surface area contributed by atoms with Crippen LogP contribution in [0.2, 0.25) is 0 Å². The molecule has 2 aromatic carbocycles. The number of aromatic amines is 1. The van der Waals surface area contributed by atoms with Crippen LogP contribution < -0.4 is 5.56 Å². The second-order valence-electron chi connectivity index (χ2n) is 8.17. The van der Waals surface area contributed by atoms with Gasteiger partial charge in [-0.2, -0.15) is 13.2 Å². The Labute approximate surface area is 185 Å². The summed E-state index contributed by atoms with van der Waals surface area (Å²) in [4.78, 5) is 29.9. The third-order valence-corrected chi connectivity index (χ3v) is 5.97. The molecule has 0 aliphatic carbocycles. The fourth-order valence-electron chi connectivity index (χ4n) is 4.33. The summed E-state index contributed by atoms with van der Waals surface area (Å²) in [7, 11) is 0. The van der Waals surface area contributed by atoms with Crippen LogP contribution in [0.15, 0.2) is 41.2 Å². The molecule has 1 aliphatic heterocycles. The molecule has 0 radical (unpaired) electrons. The maximum Gasteiger partial charge on any atom is 0.416 e. The van der Waals surface area contributed by atoms with Crippen LogP contribution in [-0.2, 0) is 25.6 Å². The Bertz CT molecular complexity index is 1450. The number of halogens is 3. The van der Waals surface area contributed by atoms with Crippen LogP contribution >= 0.6 is 0 Å². The van der Waals surface area contributed by atoms with E-state index >= 15 is 0 Å². The van der Waals surface area contributed by atoms with Crippen LogP contribution in [0.25, 0.3) is 16.7 Å². The monoisotopic (exact) mass is 455 g/mol. The van der Waals surface area contributed by atoms with E-state index in [-0.39, 0.29) is 18.1 Å². The number of aromatic nitrogens is 4. The molecule has 1 N–H and O–H groups in total. The molecule has 1 aliphatic rings. The molecule has 0 atom stereocenters. The maximum atomic E-state index is 13.2. The maximum absolute atomic E-state index is 13.2. The number of hydrogen-bond donors (Lipinski definition) is 1. The van der Waals surface area contributed by atoms with Crippen molar-refractivity contribution in [3.63, 3.8) is 0 Å². The lowest BCUT2D eigenvalue weighted by Gasteiger charge is -2.29. The second kappa shape index (κ2) is 7.72. The van der Waals surface area contributed by atoms with Gasteiger partial charge in [-0.05, 0) is 54.3 Å². The molecule has 5 rings (SSSR count). The summed E-state index contributed by atoms with van der Waals surface area (Å²) < 4.78 is 41.0. The highest BCUT2D eigenvalue weighted by atomic mass is 19.4. The minimum absolute atomic E-state index is 0.0950. The van der Waals surface area contributed by atoms with Gasteiger partial charge in [0.2, 0.25) is 5.65 Å². The molecule has 0 unspecified atom stereocenters. The van der Waals surface area contributed by atoms with Crippen LogP contribution in [0.1, 0.15) is 46.2 Å². The average molecular weight is 455 g/mol. The van der Waals surface area contributed by atoms with Gasteiger partial charge in [-0.3, -0.25) is 14.0 Å². The van der Waals surface area contributed by atoms with Gasteiger partial charge >= 0.3 is 6.18 Å². The number of amides is 1. The number of H-pyrrole nitrogens is 1. The molecule has 10 heteroatoms. The largest absolute Gasteiger partial charge is 0.416 e. The molecular weight excluding hydrogens is 435 g/mol. The van der Waals surface area contributed by atoms with Gasteiger partial charge in [-0.15, -0.1) is 10.2 Å². The van der Waals surface area contributed by atoms with E-state index in [2.05, 4.69) is 15.2 Å². The molecular formula is C23H20F3N5O2. The lowest BCUT2D eigenvalue weighted by Crippen LogP contribution is -2.36. The summed E-state index contributed by atoms with van der Waals surface area (Å²) in [6, 6.07) is 8.65. The first-order valence-electron chi connectivity index (χ1n) is 10.6. The average Bonchev–Trinajstić information content (AvgIpc) is 3.22. The Morgan fingerprint density at radius 2 is 1.94 bits per heavy atom. The highest BCUT2D eigenvalue weighted by Gasteiger charge is 2.32. The number of rotatable bonds is 3. The number of aryl methyl sites for hydroxylation is 1. The highest BCUT2D eigenvalue weighted by molar-refractivity contribution is 5.97. The molecule has 170 valence electrons. The van der Waals surface area contributed by atoms with Crippen molar-refractivity contribution in [1.29, 1.82) is 0 Å². The van der Waals surface area contributed by atoms with Gasteiger partial charge in [0, 0.05) is 25.1 Å². The number of fused-ring (bicyclic) bond motifs is 4. The van der Waals surface area contributed by atoms with Crippen LogP contribution in [0.3, 0.4) is 0 Å². The summed E-state index contributed by atoms with van der Waals surface area (Å²) in [6.45, 7) is 2.50. The Hall–Kier alpha value is -3.69. The second-order valence-corrected chi connectivity index (χ2v) is 8.17. The number of carbonyl (C=O) groups excluding carboxylic acids is 1. The number of carbonyl (C=O) groups is 1. The molecule has 7 nitrogen and oxygen atoms in total. The van der Waals surface area contributed by atoms with Crippen LogP contribution in [0.5, 0.6) is 0 Å². The summed E-state index contributed by atoms with van der Waals surface area (Å²) in [5, 5.41) is 8.09. The van der Waals surface area contributed by atoms with Gasteiger partial charge < -0.3 is 9.88 Å². The molecule has 0 fully saturated rings. The van der Waals surface area contributed by atoms with E-state index in [0.29, 0.717) is 47.4 Å².